The first kappa shape index (κ1) is 9.45. The summed E-state index contributed by atoms with van der Waals surface area (Å²) in [7, 11) is 0. The van der Waals surface area contributed by atoms with E-state index in [1.807, 2.05) is 0 Å². The SMILES string of the molecule is O=c1occn1/C=C(\F)c1ccccc1. The molecule has 0 saturated carbocycles. The highest BCUT2D eigenvalue weighted by Gasteiger charge is 2.00. The van der Waals surface area contributed by atoms with Crippen LogP contribution in [-0.4, -0.2) is 4.57 Å². The van der Waals surface area contributed by atoms with Crippen molar-refractivity contribution in [2.75, 3.05) is 0 Å². The van der Waals surface area contributed by atoms with Gasteiger partial charge in [-0.05, 0) is 0 Å². The van der Waals surface area contributed by atoms with Crippen LogP contribution in [-0.2, 0) is 0 Å². The highest BCUT2D eigenvalue weighted by Crippen LogP contribution is 2.15. The molecule has 0 bridgehead atoms. The predicted molar refractivity (Wildman–Crippen MR) is 54.7 cm³/mol. The number of benzene rings is 1. The molecule has 0 radical (unpaired) electrons. The van der Waals surface area contributed by atoms with Gasteiger partial charge in [-0.3, -0.25) is 4.57 Å². The van der Waals surface area contributed by atoms with Crippen molar-refractivity contribution in [2.45, 2.75) is 0 Å². The molecule has 0 atom stereocenters. The lowest BCUT2D eigenvalue weighted by atomic mass is 10.2. The lowest BCUT2D eigenvalue weighted by Crippen LogP contribution is -2.06. The van der Waals surface area contributed by atoms with Crippen LogP contribution in [0.4, 0.5) is 4.39 Å². The second kappa shape index (κ2) is 3.96. The minimum absolute atomic E-state index is 0.422. The van der Waals surface area contributed by atoms with E-state index in [1.165, 1.54) is 12.5 Å². The Labute approximate surface area is 85.1 Å². The third-order valence-electron chi connectivity index (χ3n) is 1.90. The van der Waals surface area contributed by atoms with Gasteiger partial charge in [-0.15, -0.1) is 0 Å². The number of nitrogens with zero attached hydrogens (tertiary/aromatic N) is 1. The van der Waals surface area contributed by atoms with E-state index in [9.17, 15) is 9.18 Å². The number of rotatable bonds is 2. The average Bonchev–Trinajstić information content (AvgIpc) is 2.66. The van der Waals surface area contributed by atoms with E-state index < -0.39 is 11.6 Å². The first-order valence-corrected chi connectivity index (χ1v) is 4.36. The first-order chi connectivity index (χ1) is 7.27. The molecule has 3 nitrogen and oxygen atoms in total. The number of hydrogen-bond acceptors (Lipinski definition) is 2. The molecule has 0 fully saturated rings. The zero-order valence-electron chi connectivity index (χ0n) is 7.76. The third-order valence-corrected chi connectivity index (χ3v) is 1.90. The smallest absolute Gasteiger partial charge is 0.416 e. The van der Waals surface area contributed by atoms with Gasteiger partial charge in [-0.25, -0.2) is 9.18 Å². The van der Waals surface area contributed by atoms with Crippen molar-refractivity contribution in [2.24, 2.45) is 0 Å². The average molecular weight is 205 g/mol. The normalized spacial score (nSPS) is 11.7. The monoisotopic (exact) mass is 205 g/mol. The summed E-state index contributed by atoms with van der Waals surface area (Å²) in [6.45, 7) is 0. The first-order valence-electron chi connectivity index (χ1n) is 4.36. The Morgan fingerprint density at radius 2 is 2.07 bits per heavy atom. The number of oxazole rings is 1. The van der Waals surface area contributed by atoms with E-state index >= 15 is 0 Å². The second-order valence-corrected chi connectivity index (χ2v) is 2.92. The summed E-state index contributed by atoms with van der Waals surface area (Å²) < 4.78 is 19.1. The highest BCUT2D eigenvalue weighted by molar-refractivity contribution is 5.69. The van der Waals surface area contributed by atoms with Crippen molar-refractivity contribution in [1.29, 1.82) is 0 Å². The molecule has 0 aliphatic heterocycles. The minimum Gasteiger partial charge on any atom is -0.416 e. The molecule has 0 N–H and O–H groups in total. The van der Waals surface area contributed by atoms with E-state index in [-0.39, 0.29) is 0 Å². The van der Waals surface area contributed by atoms with Crippen LogP contribution < -0.4 is 5.76 Å². The van der Waals surface area contributed by atoms with Crippen LogP contribution in [0.25, 0.3) is 12.0 Å². The van der Waals surface area contributed by atoms with Crippen molar-refractivity contribution < 1.29 is 8.81 Å². The van der Waals surface area contributed by atoms with Gasteiger partial charge in [0.2, 0.25) is 0 Å². The van der Waals surface area contributed by atoms with Gasteiger partial charge in [0.1, 0.15) is 12.1 Å². The fraction of sp³-hybridized carbons (Fsp3) is 0. The van der Waals surface area contributed by atoms with Gasteiger partial charge < -0.3 is 4.42 Å². The molecule has 0 amide bonds. The van der Waals surface area contributed by atoms with Crippen molar-refractivity contribution in [1.82, 2.24) is 4.57 Å². The minimum atomic E-state index is -0.610. The van der Waals surface area contributed by atoms with Crippen LogP contribution in [0.2, 0.25) is 0 Å². The lowest BCUT2D eigenvalue weighted by Gasteiger charge is -1.96. The van der Waals surface area contributed by atoms with Crippen molar-refractivity contribution in [3.05, 3.63) is 58.9 Å². The Bertz CT molecular complexity index is 525. The predicted octanol–water partition coefficient (Wildman–Crippen LogP) is 2.37. The Kier molecular flexibility index (Phi) is 2.49. The quantitative estimate of drug-likeness (QED) is 0.754. The molecule has 0 aliphatic carbocycles. The Morgan fingerprint density at radius 3 is 2.67 bits per heavy atom. The maximum atomic E-state index is 13.5. The largest absolute Gasteiger partial charge is 0.423 e. The van der Waals surface area contributed by atoms with Crippen LogP contribution in [0.5, 0.6) is 0 Å². The molecule has 0 saturated heterocycles. The number of aromatic nitrogens is 1. The topological polar surface area (TPSA) is 35.1 Å². The Hall–Kier alpha value is -2.10. The van der Waals surface area contributed by atoms with E-state index in [0.717, 1.165) is 10.8 Å². The molecule has 2 rings (SSSR count). The summed E-state index contributed by atoms with van der Waals surface area (Å²) in [6, 6.07) is 8.48. The molecular weight excluding hydrogens is 197 g/mol. The van der Waals surface area contributed by atoms with Crippen LogP contribution >= 0.6 is 0 Å². The zero-order chi connectivity index (χ0) is 10.7. The fourth-order valence-electron chi connectivity index (χ4n) is 1.17. The molecule has 15 heavy (non-hydrogen) atoms. The number of hydrogen-bond donors (Lipinski definition) is 0. The molecule has 0 aliphatic rings. The molecule has 1 aromatic heterocycles. The second-order valence-electron chi connectivity index (χ2n) is 2.92. The van der Waals surface area contributed by atoms with Gasteiger partial charge in [0.15, 0.2) is 0 Å². The third kappa shape index (κ3) is 2.04. The van der Waals surface area contributed by atoms with E-state index in [2.05, 4.69) is 4.42 Å². The molecule has 0 unspecified atom stereocenters. The molecule has 4 heteroatoms. The summed E-state index contributed by atoms with van der Waals surface area (Å²) in [6.07, 6.45) is 3.64. The highest BCUT2D eigenvalue weighted by atomic mass is 19.1. The number of halogens is 1. The summed E-state index contributed by atoms with van der Waals surface area (Å²) in [5, 5.41) is 0. The van der Waals surface area contributed by atoms with Crippen molar-refractivity contribution in [3.8, 4) is 0 Å². The van der Waals surface area contributed by atoms with Gasteiger partial charge in [-0.2, -0.15) is 0 Å². The summed E-state index contributed by atoms with van der Waals surface area (Å²) >= 11 is 0. The maximum absolute atomic E-state index is 13.5. The molecule has 2 aromatic rings. The van der Waals surface area contributed by atoms with Gasteiger partial charge in [0, 0.05) is 5.56 Å². The van der Waals surface area contributed by atoms with E-state index in [1.54, 1.807) is 30.3 Å². The van der Waals surface area contributed by atoms with Gasteiger partial charge in [-0.1, -0.05) is 30.3 Å². The molecule has 76 valence electrons. The van der Waals surface area contributed by atoms with Crippen molar-refractivity contribution in [3.63, 3.8) is 0 Å². The summed E-state index contributed by atoms with van der Waals surface area (Å²) in [5.74, 6) is -1.10. The van der Waals surface area contributed by atoms with E-state index in [4.69, 9.17) is 0 Å². The van der Waals surface area contributed by atoms with Crippen molar-refractivity contribution >= 4 is 12.0 Å². The Balaban J connectivity index is 2.37. The van der Waals surface area contributed by atoms with Crippen LogP contribution in [0.1, 0.15) is 5.56 Å². The Morgan fingerprint density at radius 1 is 1.33 bits per heavy atom. The van der Waals surface area contributed by atoms with Crippen LogP contribution in [0, 0.1) is 0 Å². The lowest BCUT2D eigenvalue weighted by molar-refractivity contribution is 0.506. The molecular formula is C11H8FNO2. The molecule has 1 aromatic carbocycles. The van der Waals surface area contributed by atoms with Gasteiger partial charge in [0.25, 0.3) is 0 Å². The van der Waals surface area contributed by atoms with Crippen LogP contribution in [0.15, 0.2) is 52.0 Å². The summed E-state index contributed by atoms with van der Waals surface area (Å²) in [4.78, 5) is 11.0. The molecule has 1 heterocycles. The molecule has 0 spiro atoms. The fourth-order valence-corrected chi connectivity index (χ4v) is 1.17. The standard InChI is InChI=1S/C11H8FNO2/c12-10(9-4-2-1-3-5-9)8-13-6-7-15-11(13)14/h1-8H/b10-8-. The summed E-state index contributed by atoms with van der Waals surface area (Å²) in [5.41, 5.74) is 0.422. The van der Waals surface area contributed by atoms with Gasteiger partial charge in [0.05, 0.1) is 12.4 Å². The van der Waals surface area contributed by atoms with Crippen LogP contribution in [0.3, 0.4) is 0 Å². The zero-order valence-corrected chi connectivity index (χ0v) is 7.76. The van der Waals surface area contributed by atoms with E-state index in [0.29, 0.717) is 5.56 Å². The maximum Gasteiger partial charge on any atom is 0.423 e. The van der Waals surface area contributed by atoms with Gasteiger partial charge >= 0.3 is 5.76 Å².